The maximum Gasteiger partial charge on any atom is 0.0165 e. The first-order valence-corrected chi connectivity index (χ1v) is 4.91. The molecule has 1 heterocycles. The molecule has 1 rings (SSSR count). The minimum absolute atomic E-state index is 0.613. The molecule has 0 aliphatic carbocycles. The summed E-state index contributed by atoms with van der Waals surface area (Å²) in [6.07, 6.45) is 4.78. The van der Waals surface area contributed by atoms with Crippen LogP contribution in [0.1, 0.15) is 26.7 Å². The molecule has 0 aromatic carbocycles. The average Bonchev–Trinajstić information content (AvgIpc) is 2.05. The van der Waals surface area contributed by atoms with Crippen LogP contribution >= 0.6 is 0 Å². The third-order valence-electron chi connectivity index (χ3n) is 2.10. The van der Waals surface area contributed by atoms with E-state index in [0.717, 1.165) is 19.6 Å². The van der Waals surface area contributed by atoms with E-state index in [1.807, 2.05) is 0 Å². The summed E-state index contributed by atoms with van der Waals surface area (Å²) in [6.45, 7) is 7.74. The lowest BCUT2D eigenvalue weighted by molar-refractivity contribution is 0.576. The lowest BCUT2D eigenvalue weighted by atomic mass is 10.1. The Morgan fingerprint density at radius 2 is 2.42 bits per heavy atom. The van der Waals surface area contributed by atoms with Gasteiger partial charge in [-0.3, -0.25) is 0 Å². The minimum Gasteiger partial charge on any atom is -0.314 e. The van der Waals surface area contributed by atoms with Gasteiger partial charge in [0.25, 0.3) is 0 Å². The molecule has 2 heteroatoms. The summed E-state index contributed by atoms with van der Waals surface area (Å²) in [4.78, 5) is 0. The Hall–Kier alpha value is -0.340. The zero-order valence-corrected chi connectivity index (χ0v) is 8.19. The summed E-state index contributed by atoms with van der Waals surface area (Å²) in [5, 5.41) is 6.80. The monoisotopic (exact) mass is 168 g/mol. The third-order valence-corrected chi connectivity index (χ3v) is 2.10. The SMILES string of the molecule is CC(C)NCCC1=CCCNC1. The molecule has 0 fully saturated rings. The van der Waals surface area contributed by atoms with E-state index in [0.29, 0.717) is 6.04 Å². The van der Waals surface area contributed by atoms with Crippen molar-refractivity contribution in [2.75, 3.05) is 19.6 Å². The summed E-state index contributed by atoms with van der Waals surface area (Å²) in [5.74, 6) is 0. The highest BCUT2D eigenvalue weighted by molar-refractivity contribution is 5.07. The van der Waals surface area contributed by atoms with Gasteiger partial charge in [-0.25, -0.2) is 0 Å². The van der Waals surface area contributed by atoms with Crippen molar-refractivity contribution in [1.29, 1.82) is 0 Å². The molecule has 2 nitrogen and oxygen atoms in total. The highest BCUT2D eigenvalue weighted by atomic mass is 14.9. The Kier molecular flexibility index (Phi) is 4.33. The quantitative estimate of drug-likeness (QED) is 0.618. The molecule has 0 atom stereocenters. The molecule has 0 radical (unpaired) electrons. The molecule has 0 spiro atoms. The van der Waals surface area contributed by atoms with E-state index in [4.69, 9.17) is 0 Å². The van der Waals surface area contributed by atoms with Gasteiger partial charge in [-0.15, -0.1) is 0 Å². The molecule has 0 aromatic rings. The van der Waals surface area contributed by atoms with E-state index in [2.05, 4.69) is 30.6 Å². The summed E-state index contributed by atoms with van der Waals surface area (Å²) < 4.78 is 0. The molecular weight excluding hydrogens is 148 g/mol. The molecule has 0 unspecified atom stereocenters. The van der Waals surface area contributed by atoms with E-state index in [1.54, 1.807) is 5.57 Å². The molecule has 70 valence electrons. The smallest absolute Gasteiger partial charge is 0.0165 e. The van der Waals surface area contributed by atoms with Crippen molar-refractivity contribution in [1.82, 2.24) is 10.6 Å². The minimum atomic E-state index is 0.613. The van der Waals surface area contributed by atoms with Gasteiger partial charge in [0, 0.05) is 12.6 Å². The first-order valence-electron chi connectivity index (χ1n) is 4.91. The van der Waals surface area contributed by atoms with Crippen LogP contribution in [0.3, 0.4) is 0 Å². The zero-order chi connectivity index (χ0) is 8.81. The average molecular weight is 168 g/mol. The maximum atomic E-state index is 3.42. The molecule has 2 N–H and O–H groups in total. The summed E-state index contributed by atoms with van der Waals surface area (Å²) in [5.41, 5.74) is 1.56. The summed E-state index contributed by atoms with van der Waals surface area (Å²) in [7, 11) is 0. The molecule has 0 aromatic heterocycles. The van der Waals surface area contributed by atoms with Crippen molar-refractivity contribution in [3.8, 4) is 0 Å². The predicted molar refractivity (Wildman–Crippen MR) is 53.3 cm³/mol. The molecule has 1 aliphatic heterocycles. The van der Waals surface area contributed by atoms with Crippen LogP contribution < -0.4 is 10.6 Å². The predicted octanol–water partition coefficient (Wildman–Crippen LogP) is 1.29. The fraction of sp³-hybridized carbons (Fsp3) is 0.800. The van der Waals surface area contributed by atoms with Crippen molar-refractivity contribution in [2.45, 2.75) is 32.7 Å². The maximum absolute atomic E-state index is 3.42. The van der Waals surface area contributed by atoms with Gasteiger partial charge >= 0.3 is 0 Å². The molecule has 0 saturated heterocycles. The number of hydrogen-bond acceptors (Lipinski definition) is 2. The van der Waals surface area contributed by atoms with Gasteiger partial charge in [-0.05, 0) is 25.9 Å². The fourth-order valence-corrected chi connectivity index (χ4v) is 1.41. The first-order chi connectivity index (χ1) is 5.79. The highest BCUT2D eigenvalue weighted by Gasteiger charge is 2.01. The van der Waals surface area contributed by atoms with Crippen LogP contribution in [-0.2, 0) is 0 Å². The Morgan fingerprint density at radius 1 is 1.58 bits per heavy atom. The number of nitrogens with one attached hydrogen (secondary N) is 2. The van der Waals surface area contributed by atoms with Gasteiger partial charge in [0.05, 0.1) is 0 Å². The zero-order valence-electron chi connectivity index (χ0n) is 8.19. The van der Waals surface area contributed by atoms with E-state index < -0.39 is 0 Å². The van der Waals surface area contributed by atoms with Crippen molar-refractivity contribution in [3.63, 3.8) is 0 Å². The van der Waals surface area contributed by atoms with Crippen molar-refractivity contribution >= 4 is 0 Å². The van der Waals surface area contributed by atoms with Crippen LogP contribution in [-0.4, -0.2) is 25.7 Å². The molecule has 0 saturated carbocycles. The number of rotatable bonds is 4. The van der Waals surface area contributed by atoms with Gasteiger partial charge in [-0.2, -0.15) is 0 Å². The van der Waals surface area contributed by atoms with Gasteiger partial charge in [0.1, 0.15) is 0 Å². The van der Waals surface area contributed by atoms with Gasteiger partial charge in [0.2, 0.25) is 0 Å². The van der Waals surface area contributed by atoms with Crippen LogP contribution in [0, 0.1) is 0 Å². The summed E-state index contributed by atoms with van der Waals surface area (Å²) >= 11 is 0. The van der Waals surface area contributed by atoms with Crippen LogP contribution in [0.15, 0.2) is 11.6 Å². The highest BCUT2D eigenvalue weighted by Crippen LogP contribution is 2.04. The fourth-order valence-electron chi connectivity index (χ4n) is 1.41. The van der Waals surface area contributed by atoms with E-state index in [9.17, 15) is 0 Å². The van der Waals surface area contributed by atoms with E-state index >= 15 is 0 Å². The Balaban J connectivity index is 2.09. The second-order valence-corrected chi connectivity index (χ2v) is 3.69. The lowest BCUT2D eigenvalue weighted by Gasteiger charge is -2.15. The molecule has 1 aliphatic rings. The molecule has 0 bridgehead atoms. The third kappa shape index (κ3) is 3.88. The van der Waals surface area contributed by atoms with Gasteiger partial charge in [-0.1, -0.05) is 25.5 Å². The topological polar surface area (TPSA) is 24.1 Å². The Bertz CT molecular complexity index is 150. The standard InChI is InChI=1S/C10H20N2/c1-9(2)12-7-5-10-4-3-6-11-8-10/h4,9,11-12H,3,5-8H2,1-2H3. The second-order valence-electron chi connectivity index (χ2n) is 3.69. The normalized spacial score (nSPS) is 18.1. The Labute approximate surface area is 75.4 Å². The second kappa shape index (κ2) is 5.33. The van der Waals surface area contributed by atoms with E-state index in [1.165, 1.54) is 12.8 Å². The molecule has 12 heavy (non-hydrogen) atoms. The first kappa shape index (κ1) is 9.75. The van der Waals surface area contributed by atoms with Crippen molar-refractivity contribution in [2.24, 2.45) is 0 Å². The Morgan fingerprint density at radius 3 is 3.00 bits per heavy atom. The van der Waals surface area contributed by atoms with E-state index in [-0.39, 0.29) is 0 Å². The van der Waals surface area contributed by atoms with Gasteiger partial charge in [0.15, 0.2) is 0 Å². The van der Waals surface area contributed by atoms with Crippen LogP contribution in [0.2, 0.25) is 0 Å². The van der Waals surface area contributed by atoms with Crippen LogP contribution in [0.5, 0.6) is 0 Å². The van der Waals surface area contributed by atoms with Crippen molar-refractivity contribution < 1.29 is 0 Å². The van der Waals surface area contributed by atoms with Crippen molar-refractivity contribution in [3.05, 3.63) is 11.6 Å². The van der Waals surface area contributed by atoms with Crippen LogP contribution in [0.4, 0.5) is 0 Å². The lowest BCUT2D eigenvalue weighted by Crippen LogP contribution is -2.27. The summed E-state index contributed by atoms with van der Waals surface area (Å²) in [6, 6.07) is 0.613. The largest absolute Gasteiger partial charge is 0.314 e. The molecule has 0 amide bonds. The van der Waals surface area contributed by atoms with Gasteiger partial charge < -0.3 is 10.6 Å². The molecular formula is C10H20N2. The number of hydrogen-bond donors (Lipinski definition) is 2. The van der Waals surface area contributed by atoms with Crippen LogP contribution in [0.25, 0.3) is 0 Å².